The summed E-state index contributed by atoms with van der Waals surface area (Å²) in [6, 6.07) is 14.3. The first kappa shape index (κ1) is 18.3. The number of halogens is 1. The standard InChI is InChI=1S/C20H21ClN2O3/c1-14(24)22-17(15-7-2-3-8-16(15)21)13-20(25)23-11-6-12-26-19-10-5-4-9-18(19)23/h2-5,7-10,17H,6,11-13H2,1H3,(H,22,24). The number of anilines is 1. The van der Waals surface area contributed by atoms with E-state index in [9.17, 15) is 9.59 Å². The minimum Gasteiger partial charge on any atom is -0.491 e. The summed E-state index contributed by atoms with van der Waals surface area (Å²) in [4.78, 5) is 26.4. The molecule has 1 aliphatic heterocycles. The van der Waals surface area contributed by atoms with Crippen molar-refractivity contribution >= 4 is 29.1 Å². The number of rotatable bonds is 4. The fraction of sp³-hybridized carbons (Fsp3) is 0.300. The molecule has 0 aliphatic carbocycles. The molecule has 0 saturated carbocycles. The molecule has 1 heterocycles. The molecular formula is C20H21ClN2O3. The zero-order chi connectivity index (χ0) is 18.5. The monoisotopic (exact) mass is 372 g/mol. The van der Waals surface area contributed by atoms with Crippen molar-refractivity contribution in [2.45, 2.75) is 25.8 Å². The van der Waals surface area contributed by atoms with Gasteiger partial charge in [0.05, 0.1) is 24.8 Å². The number of hydrogen-bond donors (Lipinski definition) is 1. The van der Waals surface area contributed by atoms with E-state index in [0.717, 1.165) is 17.7 Å². The minimum absolute atomic E-state index is 0.0818. The van der Waals surface area contributed by atoms with Gasteiger partial charge < -0.3 is 15.0 Å². The molecule has 26 heavy (non-hydrogen) atoms. The first-order chi connectivity index (χ1) is 12.6. The molecule has 0 aromatic heterocycles. The number of nitrogens with one attached hydrogen (secondary N) is 1. The van der Waals surface area contributed by atoms with Crippen LogP contribution in [0.5, 0.6) is 5.75 Å². The Kier molecular flexibility index (Phi) is 5.78. The van der Waals surface area contributed by atoms with Crippen LogP contribution >= 0.6 is 11.6 Å². The zero-order valence-electron chi connectivity index (χ0n) is 14.6. The number of para-hydroxylation sites is 2. The smallest absolute Gasteiger partial charge is 0.229 e. The van der Waals surface area contributed by atoms with Crippen LogP contribution in [0.3, 0.4) is 0 Å². The van der Waals surface area contributed by atoms with Crippen LogP contribution in [0, 0.1) is 0 Å². The molecule has 5 nitrogen and oxygen atoms in total. The van der Waals surface area contributed by atoms with Crippen LogP contribution in [0.4, 0.5) is 5.69 Å². The average molecular weight is 373 g/mol. The summed E-state index contributed by atoms with van der Waals surface area (Å²) in [7, 11) is 0. The van der Waals surface area contributed by atoms with Gasteiger partial charge in [-0.2, -0.15) is 0 Å². The summed E-state index contributed by atoms with van der Waals surface area (Å²) in [6.45, 7) is 2.58. The van der Waals surface area contributed by atoms with Crippen molar-refractivity contribution < 1.29 is 14.3 Å². The van der Waals surface area contributed by atoms with E-state index in [-0.39, 0.29) is 18.2 Å². The Morgan fingerprint density at radius 2 is 1.92 bits per heavy atom. The van der Waals surface area contributed by atoms with Crippen molar-refractivity contribution in [1.82, 2.24) is 5.32 Å². The van der Waals surface area contributed by atoms with Crippen LogP contribution < -0.4 is 15.0 Å². The van der Waals surface area contributed by atoms with Crippen LogP contribution in [0.2, 0.25) is 5.02 Å². The van der Waals surface area contributed by atoms with Crippen molar-refractivity contribution in [3.8, 4) is 5.75 Å². The van der Waals surface area contributed by atoms with Crippen LogP contribution in [-0.2, 0) is 9.59 Å². The number of hydrogen-bond acceptors (Lipinski definition) is 3. The predicted molar refractivity (Wildman–Crippen MR) is 102 cm³/mol. The summed E-state index contributed by atoms with van der Waals surface area (Å²) >= 11 is 6.28. The van der Waals surface area contributed by atoms with E-state index in [1.54, 1.807) is 11.0 Å². The number of fused-ring (bicyclic) bond motifs is 1. The van der Waals surface area contributed by atoms with E-state index in [1.165, 1.54) is 6.92 Å². The van der Waals surface area contributed by atoms with Crippen molar-refractivity contribution in [2.24, 2.45) is 0 Å². The van der Waals surface area contributed by atoms with Gasteiger partial charge in [0.1, 0.15) is 5.75 Å². The van der Waals surface area contributed by atoms with E-state index in [0.29, 0.717) is 23.9 Å². The fourth-order valence-corrected chi connectivity index (χ4v) is 3.38. The summed E-state index contributed by atoms with van der Waals surface area (Å²) in [5.74, 6) is 0.413. The SMILES string of the molecule is CC(=O)NC(CC(=O)N1CCCOc2ccccc21)c1ccccc1Cl. The predicted octanol–water partition coefficient (Wildman–Crippen LogP) is 3.72. The Labute approximate surface area is 157 Å². The van der Waals surface area contributed by atoms with Crippen molar-refractivity contribution in [2.75, 3.05) is 18.1 Å². The lowest BCUT2D eigenvalue weighted by Gasteiger charge is -2.25. The highest BCUT2D eigenvalue weighted by Gasteiger charge is 2.26. The zero-order valence-corrected chi connectivity index (χ0v) is 15.3. The van der Waals surface area contributed by atoms with Crippen LogP contribution in [0.15, 0.2) is 48.5 Å². The second kappa shape index (κ2) is 8.23. The van der Waals surface area contributed by atoms with Crippen LogP contribution in [0.1, 0.15) is 31.4 Å². The maximum Gasteiger partial charge on any atom is 0.229 e. The molecule has 1 aliphatic rings. The number of nitrogens with zero attached hydrogens (tertiary/aromatic N) is 1. The molecule has 3 rings (SSSR count). The van der Waals surface area contributed by atoms with Gasteiger partial charge in [0.15, 0.2) is 0 Å². The van der Waals surface area contributed by atoms with Gasteiger partial charge in [0.25, 0.3) is 0 Å². The average Bonchev–Trinajstić information content (AvgIpc) is 2.83. The first-order valence-electron chi connectivity index (χ1n) is 8.60. The van der Waals surface area contributed by atoms with Gasteiger partial charge in [0.2, 0.25) is 11.8 Å². The van der Waals surface area contributed by atoms with Crippen LogP contribution in [0.25, 0.3) is 0 Å². The number of carbonyl (C=O) groups is 2. The van der Waals surface area contributed by atoms with E-state index >= 15 is 0 Å². The summed E-state index contributed by atoms with van der Waals surface area (Å²) < 4.78 is 5.72. The van der Waals surface area contributed by atoms with Gasteiger partial charge >= 0.3 is 0 Å². The van der Waals surface area contributed by atoms with Gasteiger partial charge in [-0.05, 0) is 30.2 Å². The Morgan fingerprint density at radius 3 is 2.69 bits per heavy atom. The normalized spacial score (nSPS) is 14.6. The highest BCUT2D eigenvalue weighted by atomic mass is 35.5. The largest absolute Gasteiger partial charge is 0.491 e. The minimum atomic E-state index is -0.481. The third-order valence-electron chi connectivity index (χ3n) is 4.28. The van der Waals surface area contributed by atoms with Crippen LogP contribution in [-0.4, -0.2) is 25.0 Å². The fourth-order valence-electron chi connectivity index (χ4n) is 3.11. The number of amides is 2. The molecule has 0 spiro atoms. The number of carbonyl (C=O) groups excluding carboxylic acids is 2. The molecule has 0 fully saturated rings. The summed E-state index contributed by atoms with van der Waals surface area (Å²) in [6.07, 6.45) is 0.870. The van der Waals surface area contributed by atoms with E-state index in [4.69, 9.17) is 16.3 Å². The highest BCUT2D eigenvalue weighted by Crippen LogP contribution is 2.32. The van der Waals surface area contributed by atoms with Gasteiger partial charge in [-0.3, -0.25) is 9.59 Å². The maximum absolute atomic E-state index is 13.1. The molecule has 0 bridgehead atoms. The highest BCUT2D eigenvalue weighted by molar-refractivity contribution is 6.31. The lowest BCUT2D eigenvalue weighted by Crippen LogP contribution is -2.36. The second-order valence-electron chi connectivity index (χ2n) is 6.19. The summed E-state index contributed by atoms with van der Waals surface area (Å²) in [5.41, 5.74) is 1.49. The van der Waals surface area contributed by atoms with Gasteiger partial charge in [-0.1, -0.05) is 41.9 Å². The molecular weight excluding hydrogens is 352 g/mol. The molecule has 136 valence electrons. The molecule has 6 heteroatoms. The molecule has 2 aromatic rings. The van der Waals surface area contributed by atoms with E-state index in [2.05, 4.69) is 5.32 Å². The van der Waals surface area contributed by atoms with E-state index < -0.39 is 6.04 Å². The molecule has 2 aromatic carbocycles. The van der Waals surface area contributed by atoms with Crippen molar-refractivity contribution in [3.05, 3.63) is 59.1 Å². The first-order valence-corrected chi connectivity index (χ1v) is 8.98. The Hall–Kier alpha value is -2.53. The number of ether oxygens (including phenoxy) is 1. The van der Waals surface area contributed by atoms with Crippen molar-refractivity contribution in [3.63, 3.8) is 0 Å². The van der Waals surface area contributed by atoms with Gasteiger partial charge in [-0.25, -0.2) is 0 Å². The lowest BCUT2D eigenvalue weighted by atomic mass is 10.0. The third kappa shape index (κ3) is 4.17. The molecule has 0 saturated heterocycles. The molecule has 1 atom stereocenters. The van der Waals surface area contributed by atoms with Gasteiger partial charge in [-0.15, -0.1) is 0 Å². The Bertz CT molecular complexity index is 809. The molecule has 2 amide bonds. The van der Waals surface area contributed by atoms with Gasteiger partial charge in [0, 0.05) is 18.5 Å². The topological polar surface area (TPSA) is 58.6 Å². The number of benzene rings is 2. The molecule has 0 radical (unpaired) electrons. The molecule has 1 N–H and O–H groups in total. The second-order valence-corrected chi connectivity index (χ2v) is 6.60. The quantitative estimate of drug-likeness (QED) is 0.889. The Balaban J connectivity index is 1.86. The van der Waals surface area contributed by atoms with Crippen molar-refractivity contribution in [1.29, 1.82) is 0 Å². The summed E-state index contributed by atoms with van der Waals surface area (Å²) in [5, 5.41) is 3.37. The Morgan fingerprint density at radius 1 is 1.19 bits per heavy atom. The third-order valence-corrected chi connectivity index (χ3v) is 4.62. The van der Waals surface area contributed by atoms with E-state index in [1.807, 2.05) is 42.5 Å². The maximum atomic E-state index is 13.1. The lowest BCUT2D eigenvalue weighted by molar-refractivity contribution is -0.121. The molecule has 1 unspecified atom stereocenters.